The first-order valence-corrected chi connectivity index (χ1v) is 9.21. The lowest BCUT2D eigenvalue weighted by Gasteiger charge is -2.05. The minimum atomic E-state index is -4.02. The molecule has 2 aromatic carbocycles. The van der Waals surface area contributed by atoms with Crippen molar-refractivity contribution in [1.29, 1.82) is 0 Å². The van der Waals surface area contributed by atoms with E-state index in [1.807, 2.05) is 47.2 Å². The Morgan fingerprint density at radius 3 is 2.54 bits per heavy atom. The average Bonchev–Trinajstić information content (AvgIpc) is 2.99. The highest BCUT2D eigenvalue weighted by Crippen LogP contribution is 2.22. The number of nitrogens with one attached hydrogen (secondary N) is 2. The molecule has 3 rings (SSSR count). The summed E-state index contributed by atoms with van der Waals surface area (Å²) in [5.41, 5.74) is 0.921. The van der Waals surface area contributed by atoms with Crippen molar-refractivity contribution in [2.24, 2.45) is 0 Å². The van der Waals surface area contributed by atoms with Gasteiger partial charge in [0.15, 0.2) is 5.69 Å². The Balaban J connectivity index is 1.70. The topological polar surface area (TPSA) is 88.2 Å². The molecule has 3 aromatic rings. The lowest BCUT2D eigenvalue weighted by Crippen LogP contribution is -2.38. The first-order chi connectivity index (χ1) is 11.6. The standard InChI is InChI=1S/C16H13N3O3S2/c20-16(15-13-8-4-5-9-14(13)23-18-15)19-24(21,22)17-11-10-12-6-2-1-3-7-12/h1-11,17H,(H,19,20)/b11-10+. The van der Waals surface area contributed by atoms with Crippen LogP contribution in [0.4, 0.5) is 0 Å². The third-order valence-electron chi connectivity index (χ3n) is 3.12. The lowest BCUT2D eigenvalue weighted by atomic mass is 10.2. The van der Waals surface area contributed by atoms with Gasteiger partial charge in [0.2, 0.25) is 0 Å². The smallest absolute Gasteiger partial charge is 0.273 e. The number of carbonyl (C=O) groups is 1. The summed E-state index contributed by atoms with van der Waals surface area (Å²) in [6.07, 6.45) is 2.84. The van der Waals surface area contributed by atoms with Crippen molar-refractivity contribution in [1.82, 2.24) is 13.8 Å². The van der Waals surface area contributed by atoms with Crippen molar-refractivity contribution in [3.8, 4) is 0 Å². The van der Waals surface area contributed by atoms with Crippen molar-refractivity contribution >= 4 is 43.8 Å². The molecule has 0 unspecified atom stereocenters. The highest BCUT2D eigenvalue weighted by atomic mass is 32.2. The third kappa shape index (κ3) is 3.79. The molecule has 1 aromatic heterocycles. The molecule has 0 aliphatic rings. The van der Waals surface area contributed by atoms with Crippen molar-refractivity contribution in [2.75, 3.05) is 0 Å². The molecule has 0 radical (unpaired) electrons. The average molecular weight is 359 g/mol. The fourth-order valence-electron chi connectivity index (χ4n) is 2.03. The Kier molecular flexibility index (Phi) is 4.59. The maximum absolute atomic E-state index is 12.2. The van der Waals surface area contributed by atoms with Crippen LogP contribution in [0.5, 0.6) is 0 Å². The van der Waals surface area contributed by atoms with Gasteiger partial charge in [0.1, 0.15) is 0 Å². The van der Waals surface area contributed by atoms with E-state index in [9.17, 15) is 13.2 Å². The highest BCUT2D eigenvalue weighted by molar-refractivity contribution is 7.88. The number of benzene rings is 2. The van der Waals surface area contributed by atoms with E-state index >= 15 is 0 Å². The molecule has 122 valence electrons. The van der Waals surface area contributed by atoms with Gasteiger partial charge in [-0.1, -0.05) is 48.5 Å². The quantitative estimate of drug-likeness (QED) is 0.733. The van der Waals surface area contributed by atoms with E-state index in [-0.39, 0.29) is 5.69 Å². The molecule has 0 saturated carbocycles. The minimum absolute atomic E-state index is 0.0908. The third-order valence-corrected chi connectivity index (χ3v) is 4.85. The minimum Gasteiger partial charge on any atom is -0.273 e. The zero-order chi connectivity index (χ0) is 17.0. The molecule has 0 fully saturated rings. The van der Waals surface area contributed by atoms with Crippen LogP contribution in [-0.4, -0.2) is 18.7 Å². The van der Waals surface area contributed by atoms with Gasteiger partial charge >= 0.3 is 10.2 Å². The van der Waals surface area contributed by atoms with E-state index < -0.39 is 16.1 Å². The summed E-state index contributed by atoms with van der Waals surface area (Å²) in [4.78, 5) is 12.2. The van der Waals surface area contributed by atoms with E-state index in [4.69, 9.17) is 0 Å². The van der Waals surface area contributed by atoms with Crippen LogP contribution in [0, 0.1) is 0 Å². The molecule has 0 aliphatic carbocycles. The number of hydrogen-bond donors (Lipinski definition) is 2. The van der Waals surface area contributed by atoms with Gasteiger partial charge in [-0.05, 0) is 29.2 Å². The van der Waals surface area contributed by atoms with Gasteiger partial charge in [0.25, 0.3) is 5.91 Å². The van der Waals surface area contributed by atoms with E-state index in [1.54, 1.807) is 18.2 Å². The molecule has 6 nitrogen and oxygen atoms in total. The van der Waals surface area contributed by atoms with Crippen molar-refractivity contribution in [2.45, 2.75) is 0 Å². The normalized spacial score (nSPS) is 11.7. The van der Waals surface area contributed by atoms with E-state index in [1.165, 1.54) is 6.20 Å². The van der Waals surface area contributed by atoms with Crippen molar-refractivity contribution in [3.63, 3.8) is 0 Å². The van der Waals surface area contributed by atoms with Crippen molar-refractivity contribution in [3.05, 3.63) is 72.1 Å². The van der Waals surface area contributed by atoms with Crippen LogP contribution in [0.2, 0.25) is 0 Å². The largest absolute Gasteiger partial charge is 0.323 e. The number of aromatic nitrogens is 1. The maximum Gasteiger partial charge on any atom is 0.323 e. The second-order valence-corrected chi connectivity index (χ2v) is 7.08. The van der Waals surface area contributed by atoms with Gasteiger partial charge in [-0.25, -0.2) is 4.72 Å². The zero-order valence-corrected chi connectivity index (χ0v) is 14.0. The lowest BCUT2D eigenvalue weighted by molar-refractivity contribution is 0.0979. The molecule has 1 amide bonds. The van der Waals surface area contributed by atoms with Gasteiger partial charge in [-0.2, -0.15) is 12.8 Å². The molecule has 24 heavy (non-hydrogen) atoms. The van der Waals surface area contributed by atoms with E-state index in [0.717, 1.165) is 21.8 Å². The molecule has 0 atom stereocenters. The molecule has 0 bridgehead atoms. The summed E-state index contributed by atoms with van der Waals surface area (Å²) in [5.74, 6) is -0.770. The maximum atomic E-state index is 12.2. The second-order valence-electron chi connectivity index (χ2n) is 4.82. The van der Waals surface area contributed by atoms with Crippen LogP contribution in [-0.2, 0) is 10.2 Å². The van der Waals surface area contributed by atoms with E-state index in [0.29, 0.717) is 5.39 Å². The summed E-state index contributed by atoms with van der Waals surface area (Å²) in [7, 11) is -4.02. The van der Waals surface area contributed by atoms with Gasteiger partial charge in [-0.3, -0.25) is 9.52 Å². The van der Waals surface area contributed by atoms with Crippen LogP contribution in [0.25, 0.3) is 16.2 Å². The van der Waals surface area contributed by atoms with Gasteiger partial charge in [0.05, 0.1) is 4.70 Å². The van der Waals surface area contributed by atoms with E-state index in [2.05, 4.69) is 9.10 Å². The van der Waals surface area contributed by atoms with Gasteiger partial charge < -0.3 is 0 Å². The Morgan fingerprint density at radius 1 is 1.04 bits per heavy atom. The zero-order valence-electron chi connectivity index (χ0n) is 12.3. The summed E-state index contributed by atoms with van der Waals surface area (Å²) >= 11 is 1.14. The first-order valence-electron chi connectivity index (χ1n) is 6.95. The van der Waals surface area contributed by atoms with Crippen LogP contribution >= 0.6 is 11.5 Å². The Bertz CT molecular complexity index is 996. The number of hydrogen-bond acceptors (Lipinski definition) is 5. The predicted octanol–water partition coefficient (Wildman–Crippen LogP) is 2.53. The number of amides is 1. The fourth-order valence-corrected chi connectivity index (χ4v) is 3.45. The number of fused-ring (bicyclic) bond motifs is 1. The molecular formula is C16H13N3O3S2. The molecular weight excluding hydrogens is 346 g/mol. The van der Waals surface area contributed by atoms with Crippen molar-refractivity contribution < 1.29 is 13.2 Å². The van der Waals surface area contributed by atoms with Gasteiger partial charge in [-0.15, -0.1) is 0 Å². The summed E-state index contributed by atoms with van der Waals surface area (Å²) in [6, 6.07) is 16.3. The molecule has 8 heteroatoms. The molecule has 1 heterocycles. The Hall–Kier alpha value is -2.71. The van der Waals surface area contributed by atoms with Gasteiger partial charge in [0, 0.05) is 11.6 Å². The summed E-state index contributed by atoms with van der Waals surface area (Å²) < 4.78 is 32.9. The second kappa shape index (κ2) is 6.81. The highest BCUT2D eigenvalue weighted by Gasteiger charge is 2.19. The van der Waals surface area contributed by atoms with Crippen LogP contribution < -0.4 is 9.44 Å². The Morgan fingerprint density at radius 2 is 1.75 bits per heavy atom. The molecule has 0 spiro atoms. The monoisotopic (exact) mass is 359 g/mol. The van der Waals surface area contributed by atoms with Crippen LogP contribution in [0.3, 0.4) is 0 Å². The number of nitrogens with zero attached hydrogens (tertiary/aromatic N) is 1. The summed E-state index contributed by atoms with van der Waals surface area (Å²) in [5, 5.41) is 0.620. The summed E-state index contributed by atoms with van der Waals surface area (Å²) in [6.45, 7) is 0. The predicted molar refractivity (Wildman–Crippen MR) is 94.6 cm³/mol. The number of rotatable bonds is 5. The molecule has 2 N–H and O–H groups in total. The number of carbonyl (C=O) groups excluding carboxylic acids is 1. The fraction of sp³-hybridized carbons (Fsp3) is 0. The Labute approximate surface area is 143 Å². The van der Waals surface area contributed by atoms with Crippen LogP contribution in [0.1, 0.15) is 16.1 Å². The SMILES string of the molecule is O=C(NS(=O)(=O)N/C=C/c1ccccc1)c1nsc2ccccc12. The van der Waals surface area contributed by atoms with Crippen LogP contribution in [0.15, 0.2) is 60.8 Å². The first kappa shape index (κ1) is 16.2. The molecule has 0 saturated heterocycles. The molecule has 0 aliphatic heterocycles.